The number of carbonyl (C=O) groups excluding carboxylic acids is 1. The first-order valence-electron chi connectivity index (χ1n) is 6.50. The van der Waals surface area contributed by atoms with E-state index in [9.17, 15) is 9.59 Å². The van der Waals surface area contributed by atoms with Crippen LogP contribution in [0.4, 0.5) is 0 Å². The lowest BCUT2D eigenvalue weighted by atomic mass is 10.1. The summed E-state index contributed by atoms with van der Waals surface area (Å²) in [7, 11) is 0. The van der Waals surface area contributed by atoms with Gasteiger partial charge in [0.05, 0.1) is 0 Å². The van der Waals surface area contributed by atoms with Gasteiger partial charge in [-0.1, -0.05) is 23.7 Å². The van der Waals surface area contributed by atoms with Gasteiger partial charge in [0.25, 0.3) is 5.56 Å². The molecular weight excluding hydrogens is 304 g/mol. The van der Waals surface area contributed by atoms with E-state index in [1.165, 1.54) is 10.9 Å². The van der Waals surface area contributed by atoms with Gasteiger partial charge in [-0.2, -0.15) is 5.10 Å². The summed E-state index contributed by atoms with van der Waals surface area (Å²) in [6.07, 6.45) is 4.59. The molecule has 2 heterocycles. The van der Waals surface area contributed by atoms with Gasteiger partial charge in [0.1, 0.15) is 0 Å². The molecule has 0 radical (unpaired) electrons. The molecule has 0 aliphatic rings. The SMILES string of the molecule is O=C(Cc1cnc(-n2cccn2)[nH]c1=O)c1cccc(Cl)c1. The number of ketones is 1. The van der Waals surface area contributed by atoms with Crippen molar-refractivity contribution in [2.45, 2.75) is 6.42 Å². The molecule has 3 rings (SSSR count). The smallest absolute Gasteiger partial charge is 0.255 e. The Bertz CT molecular complexity index is 871. The number of aromatic amines is 1. The van der Waals surface area contributed by atoms with Gasteiger partial charge < -0.3 is 0 Å². The minimum atomic E-state index is -0.365. The molecule has 3 aromatic rings. The van der Waals surface area contributed by atoms with Gasteiger partial charge in [0.2, 0.25) is 5.95 Å². The van der Waals surface area contributed by atoms with Crippen LogP contribution in [-0.2, 0) is 6.42 Å². The van der Waals surface area contributed by atoms with Crippen molar-refractivity contribution < 1.29 is 4.79 Å². The van der Waals surface area contributed by atoms with Crippen LogP contribution in [0.1, 0.15) is 15.9 Å². The number of benzene rings is 1. The minimum Gasteiger partial charge on any atom is -0.294 e. The molecule has 0 atom stereocenters. The summed E-state index contributed by atoms with van der Waals surface area (Å²) in [6, 6.07) is 8.33. The first kappa shape index (κ1) is 14.2. The van der Waals surface area contributed by atoms with Gasteiger partial charge >= 0.3 is 0 Å². The number of nitrogens with zero attached hydrogens (tertiary/aromatic N) is 3. The number of H-pyrrole nitrogens is 1. The Kier molecular flexibility index (Phi) is 3.84. The topological polar surface area (TPSA) is 80.6 Å². The average Bonchev–Trinajstić information content (AvgIpc) is 3.03. The highest BCUT2D eigenvalue weighted by molar-refractivity contribution is 6.31. The van der Waals surface area contributed by atoms with Crippen molar-refractivity contribution in [3.05, 3.63) is 75.4 Å². The van der Waals surface area contributed by atoms with Crippen LogP contribution in [0.3, 0.4) is 0 Å². The molecule has 1 N–H and O–H groups in total. The molecule has 110 valence electrons. The van der Waals surface area contributed by atoms with E-state index in [2.05, 4.69) is 15.1 Å². The molecule has 1 aromatic carbocycles. The Labute approximate surface area is 130 Å². The Balaban J connectivity index is 1.84. The first-order chi connectivity index (χ1) is 10.6. The summed E-state index contributed by atoms with van der Waals surface area (Å²) in [5, 5.41) is 4.46. The number of rotatable bonds is 4. The molecule has 0 bridgehead atoms. The highest BCUT2D eigenvalue weighted by Gasteiger charge is 2.11. The number of carbonyl (C=O) groups is 1. The van der Waals surface area contributed by atoms with Crippen molar-refractivity contribution >= 4 is 17.4 Å². The van der Waals surface area contributed by atoms with Gasteiger partial charge in [-0.05, 0) is 18.2 Å². The lowest BCUT2D eigenvalue weighted by Gasteiger charge is -2.03. The first-order valence-corrected chi connectivity index (χ1v) is 6.88. The van der Waals surface area contributed by atoms with Gasteiger partial charge in [0.15, 0.2) is 5.78 Å². The van der Waals surface area contributed by atoms with E-state index < -0.39 is 0 Å². The summed E-state index contributed by atoms with van der Waals surface area (Å²) in [5.74, 6) is 0.107. The zero-order chi connectivity index (χ0) is 15.5. The summed E-state index contributed by atoms with van der Waals surface area (Å²) in [4.78, 5) is 30.9. The highest BCUT2D eigenvalue weighted by Crippen LogP contribution is 2.12. The van der Waals surface area contributed by atoms with Gasteiger partial charge in [0, 0.05) is 41.2 Å². The molecule has 0 unspecified atom stereocenters. The van der Waals surface area contributed by atoms with E-state index in [-0.39, 0.29) is 17.8 Å². The molecular formula is C15H11ClN4O2. The molecule has 7 heteroatoms. The Hall–Kier alpha value is -2.73. The van der Waals surface area contributed by atoms with Crippen LogP contribution in [0.2, 0.25) is 5.02 Å². The highest BCUT2D eigenvalue weighted by atomic mass is 35.5. The monoisotopic (exact) mass is 314 g/mol. The number of hydrogen-bond acceptors (Lipinski definition) is 4. The van der Waals surface area contributed by atoms with Crippen molar-refractivity contribution in [2.24, 2.45) is 0 Å². The molecule has 0 saturated carbocycles. The predicted molar refractivity (Wildman–Crippen MR) is 81.5 cm³/mol. The summed E-state index contributed by atoms with van der Waals surface area (Å²) >= 11 is 5.86. The van der Waals surface area contributed by atoms with Crippen molar-refractivity contribution in [3.63, 3.8) is 0 Å². The number of aromatic nitrogens is 4. The third-order valence-electron chi connectivity index (χ3n) is 3.08. The lowest BCUT2D eigenvalue weighted by molar-refractivity contribution is 0.0992. The van der Waals surface area contributed by atoms with Crippen LogP contribution in [0.15, 0.2) is 53.7 Å². The van der Waals surface area contributed by atoms with Crippen LogP contribution in [0, 0.1) is 0 Å². The third kappa shape index (κ3) is 2.96. The molecule has 2 aromatic heterocycles. The van der Waals surface area contributed by atoms with Crippen LogP contribution < -0.4 is 5.56 Å². The van der Waals surface area contributed by atoms with Crippen LogP contribution >= 0.6 is 11.6 Å². The van der Waals surface area contributed by atoms with Crippen LogP contribution in [-0.4, -0.2) is 25.5 Å². The molecule has 0 amide bonds. The lowest BCUT2D eigenvalue weighted by Crippen LogP contribution is -2.20. The number of halogens is 1. The van der Waals surface area contributed by atoms with Crippen molar-refractivity contribution in [2.75, 3.05) is 0 Å². The number of nitrogens with one attached hydrogen (secondary N) is 1. The molecule has 0 fully saturated rings. The maximum atomic E-state index is 12.2. The van der Waals surface area contributed by atoms with E-state index in [1.54, 1.807) is 42.7 Å². The summed E-state index contributed by atoms with van der Waals surface area (Å²) in [5.41, 5.74) is 0.389. The fourth-order valence-electron chi connectivity index (χ4n) is 1.99. The van der Waals surface area contributed by atoms with Crippen molar-refractivity contribution in [3.8, 4) is 5.95 Å². The zero-order valence-corrected chi connectivity index (χ0v) is 12.1. The van der Waals surface area contributed by atoms with E-state index in [0.717, 1.165) is 0 Å². The maximum Gasteiger partial charge on any atom is 0.255 e. The molecule has 0 aliphatic carbocycles. The maximum absolute atomic E-state index is 12.2. The van der Waals surface area contributed by atoms with E-state index in [0.29, 0.717) is 22.1 Å². The van der Waals surface area contributed by atoms with E-state index >= 15 is 0 Å². The summed E-state index contributed by atoms with van der Waals surface area (Å²) < 4.78 is 1.43. The average molecular weight is 315 g/mol. The van der Waals surface area contributed by atoms with Crippen LogP contribution in [0.5, 0.6) is 0 Å². The molecule has 0 aliphatic heterocycles. The van der Waals surface area contributed by atoms with Crippen molar-refractivity contribution in [1.29, 1.82) is 0 Å². The van der Waals surface area contributed by atoms with Crippen LogP contribution in [0.25, 0.3) is 5.95 Å². The molecule has 6 nitrogen and oxygen atoms in total. The molecule has 22 heavy (non-hydrogen) atoms. The van der Waals surface area contributed by atoms with E-state index in [1.807, 2.05) is 0 Å². The summed E-state index contributed by atoms with van der Waals surface area (Å²) in [6.45, 7) is 0. The van der Waals surface area contributed by atoms with Gasteiger partial charge in [-0.15, -0.1) is 0 Å². The fraction of sp³-hybridized carbons (Fsp3) is 0.0667. The number of hydrogen-bond donors (Lipinski definition) is 1. The Morgan fingerprint density at radius 2 is 2.18 bits per heavy atom. The molecule has 0 spiro atoms. The number of Topliss-reactive ketones (excluding diaryl/α,β-unsaturated/α-hetero) is 1. The second-order valence-corrected chi connectivity index (χ2v) is 5.06. The fourth-order valence-corrected chi connectivity index (χ4v) is 2.18. The van der Waals surface area contributed by atoms with E-state index in [4.69, 9.17) is 11.6 Å². The zero-order valence-electron chi connectivity index (χ0n) is 11.4. The quantitative estimate of drug-likeness (QED) is 0.747. The largest absolute Gasteiger partial charge is 0.294 e. The predicted octanol–water partition coefficient (Wildman–Crippen LogP) is 2.03. The second kappa shape index (κ2) is 5.95. The Morgan fingerprint density at radius 3 is 2.86 bits per heavy atom. The second-order valence-electron chi connectivity index (χ2n) is 4.62. The minimum absolute atomic E-state index is 0.0396. The van der Waals surface area contributed by atoms with Crippen molar-refractivity contribution in [1.82, 2.24) is 19.7 Å². The Morgan fingerprint density at radius 1 is 1.32 bits per heavy atom. The van der Waals surface area contributed by atoms with Gasteiger partial charge in [-0.3, -0.25) is 14.6 Å². The molecule has 0 saturated heterocycles. The van der Waals surface area contributed by atoms with Gasteiger partial charge in [-0.25, -0.2) is 9.67 Å². The normalized spacial score (nSPS) is 10.6. The third-order valence-corrected chi connectivity index (χ3v) is 3.31. The standard InChI is InChI=1S/C15H11ClN4O2/c16-12-4-1-3-10(7-12)13(21)8-11-9-17-15(19-14(11)22)20-6-2-5-18-20/h1-7,9H,8H2,(H,17,19,22).